The fourth-order valence-electron chi connectivity index (χ4n) is 4.26. The molecule has 1 saturated heterocycles. The third kappa shape index (κ3) is 4.32. The highest BCUT2D eigenvalue weighted by atomic mass is 32.2. The van der Waals surface area contributed by atoms with Gasteiger partial charge in [0, 0.05) is 18.7 Å². The Kier molecular flexibility index (Phi) is 5.75. The Hall–Kier alpha value is -2.52. The Labute approximate surface area is 176 Å². The summed E-state index contributed by atoms with van der Waals surface area (Å²) in [5.74, 6) is 0.458. The van der Waals surface area contributed by atoms with E-state index in [1.165, 1.54) is 4.31 Å². The molecule has 2 aliphatic rings. The fourth-order valence-corrected chi connectivity index (χ4v) is 5.04. The third-order valence-corrected chi connectivity index (χ3v) is 7.11. The first-order chi connectivity index (χ1) is 14.3. The Morgan fingerprint density at radius 3 is 2.70 bits per heavy atom. The van der Waals surface area contributed by atoms with Crippen LogP contribution in [0.25, 0.3) is 0 Å². The van der Waals surface area contributed by atoms with Crippen LogP contribution < -0.4 is 5.56 Å². The number of amides is 1. The third-order valence-electron chi connectivity index (χ3n) is 5.86. The number of carbonyl (C=O) groups is 1. The van der Waals surface area contributed by atoms with E-state index in [2.05, 4.69) is 9.97 Å². The van der Waals surface area contributed by atoms with E-state index in [0.717, 1.165) is 31.1 Å². The van der Waals surface area contributed by atoms with Gasteiger partial charge in [-0.1, -0.05) is 30.3 Å². The van der Waals surface area contributed by atoms with E-state index in [1.807, 2.05) is 30.3 Å². The van der Waals surface area contributed by atoms with Crippen molar-refractivity contribution in [3.8, 4) is 0 Å². The van der Waals surface area contributed by atoms with Crippen molar-refractivity contribution in [2.75, 3.05) is 19.3 Å². The molecule has 30 heavy (non-hydrogen) atoms. The first kappa shape index (κ1) is 20.7. The zero-order chi connectivity index (χ0) is 21.3. The van der Waals surface area contributed by atoms with E-state index in [9.17, 15) is 18.0 Å². The molecule has 1 N–H and O–H groups in total. The number of nitrogens with one attached hydrogen (secondary N) is 1. The minimum absolute atomic E-state index is 0.00373. The fraction of sp³-hybridized carbons (Fsp3) is 0.476. The quantitative estimate of drug-likeness (QED) is 0.789. The normalized spacial score (nSPS) is 20.0. The number of nitrogens with zero attached hydrogens (tertiary/aromatic N) is 3. The summed E-state index contributed by atoms with van der Waals surface area (Å²) in [5.41, 5.74) is 1.75. The van der Waals surface area contributed by atoms with Gasteiger partial charge in [0.2, 0.25) is 15.9 Å². The molecule has 1 aromatic heterocycles. The van der Waals surface area contributed by atoms with Crippen LogP contribution in [0.5, 0.6) is 0 Å². The summed E-state index contributed by atoms with van der Waals surface area (Å²) >= 11 is 0. The second kappa shape index (κ2) is 8.31. The minimum Gasteiger partial charge on any atom is -0.332 e. The maximum atomic E-state index is 13.0. The number of hydrogen-bond donors (Lipinski definition) is 1. The zero-order valence-electron chi connectivity index (χ0n) is 17.0. The van der Waals surface area contributed by atoms with Crippen molar-refractivity contribution in [3.05, 3.63) is 63.3 Å². The van der Waals surface area contributed by atoms with E-state index in [1.54, 1.807) is 4.90 Å². The van der Waals surface area contributed by atoms with Gasteiger partial charge in [-0.3, -0.25) is 9.59 Å². The first-order valence-electron chi connectivity index (χ1n) is 10.2. The smallest absolute Gasteiger partial charge is 0.254 e. The number of hydrogen-bond acceptors (Lipinski definition) is 5. The number of aromatic nitrogens is 2. The zero-order valence-corrected chi connectivity index (χ0v) is 17.8. The molecule has 0 unspecified atom stereocenters. The number of aromatic amines is 1. The molecule has 0 radical (unpaired) electrons. The lowest BCUT2D eigenvalue weighted by Crippen LogP contribution is -2.42. The Morgan fingerprint density at radius 1 is 1.20 bits per heavy atom. The van der Waals surface area contributed by atoms with Gasteiger partial charge in [-0.2, -0.15) is 4.31 Å². The molecule has 1 aromatic carbocycles. The van der Waals surface area contributed by atoms with Crippen LogP contribution in [0.4, 0.5) is 0 Å². The Morgan fingerprint density at radius 2 is 1.97 bits per heavy atom. The van der Waals surface area contributed by atoms with Crippen molar-refractivity contribution in [2.45, 2.75) is 44.7 Å². The topological polar surface area (TPSA) is 103 Å². The first-order valence-corrected chi connectivity index (χ1v) is 12.1. The van der Waals surface area contributed by atoms with Crippen LogP contribution in [0, 0.1) is 0 Å². The minimum atomic E-state index is -3.36. The van der Waals surface area contributed by atoms with Crippen molar-refractivity contribution >= 4 is 15.9 Å². The largest absolute Gasteiger partial charge is 0.332 e. The van der Waals surface area contributed by atoms with Crippen molar-refractivity contribution in [2.24, 2.45) is 0 Å². The second-order valence-corrected chi connectivity index (χ2v) is 9.97. The molecule has 9 heteroatoms. The van der Waals surface area contributed by atoms with Gasteiger partial charge >= 0.3 is 0 Å². The van der Waals surface area contributed by atoms with Crippen LogP contribution in [0.15, 0.2) is 35.1 Å². The van der Waals surface area contributed by atoms with Gasteiger partial charge in [-0.05, 0) is 31.2 Å². The molecule has 2 aromatic rings. The van der Waals surface area contributed by atoms with Gasteiger partial charge < -0.3 is 9.88 Å². The molecule has 4 rings (SSSR count). The summed E-state index contributed by atoms with van der Waals surface area (Å²) in [6.45, 7) is 0.990. The van der Waals surface area contributed by atoms with Crippen molar-refractivity contribution in [1.29, 1.82) is 0 Å². The summed E-state index contributed by atoms with van der Waals surface area (Å²) in [4.78, 5) is 35.0. The standard InChI is InChI=1S/C21H26N4O4S/c1-30(28,29)24-12-10-16-17(14-24)22-20(23-21(16)27)18-9-5-6-11-25(18)19(26)13-15-7-3-2-4-8-15/h2-4,7-8,18H,5-6,9-14H2,1H3,(H,22,23,27)/t18-/m1/s1. The summed E-state index contributed by atoms with van der Waals surface area (Å²) in [6.07, 6.45) is 4.38. The molecule has 0 saturated carbocycles. The number of H-pyrrole nitrogens is 1. The van der Waals surface area contributed by atoms with Crippen LogP contribution in [0.1, 0.15) is 47.9 Å². The van der Waals surface area contributed by atoms with E-state index < -0.39 is 10.0 Å². The summed E-state index contributed by atoms with van der Waals surface area (Å²) in [6, 6.07) is 9.28. The van der Waals surface area contributed by atoms with Gasteiger partial charge in [0.15, 0.2) is 0 Å². The number of rotatable bonds is 4. The summed E-state index contributed by atoms with van der Waals surface area (Å²) in [7, 11) is -3.36. The lowest BCUT2D eigenvalue weighted by atomic mass is 9.99. The van der Waals surface area contributed by atoms with Crippen molar-refractivity contribution in [3.63, 3.8) is 0 Å². The van der Waals surface area contributed by atoms with E-state index in [0.29, 0.717) is 36.5 Å². The van der Waals surface area contributed by atoms with Gasteiger partial charge in [0.25, 0.3) is 5.56 Å². The number of likely N-dealkylation sites (tertiary alicyclic amines) is 1. The average Bonchev–Trinajstić information content (AvgIpc) is 2.73. The molecule has 8 nitrogen and oxygen atoms in total. The molecule has 1 fully saturated rings. The van der Waals surface area contributed by atoms with Crippen LogP contribution in [0.3, 0.4) is 0 Å². The Balaban J connectivity index is 1.62. The van der Waals surface area contributed by atoms with Crippen LogP contribution >= 0.6 is 0 Å². The molecular weight excluding hydrogens is 404 g/mol. The predicted molar refractivity (Wildman–Crippen MR) is 112 cm³/mol. The van der Waals surface area contributed by atoms with Gasteiger partial charge in [-0.25, -0.2) is 13.4 Å². The average molecular weight is 431 g/mol. The highest BCUT2D eigenvalue weighted by Gasteiger charge is 2.32. The number of piperidine rings is 1. The van der Waals surface area contributed by atoms with Crippen LogP contribution in [0.2, 0.25) is 0 Å². The molecule has 2 aliphatic heterocycles. The summed E-state index contributed by atoms with van der Waals surface area (Å²) in [5, 5.41) is 0. The van der Waals surface area contributed by atoms with Gasteiger partial charge in [-0.15, -0.1) is 0 Å². The molecule has 0 aliphatic carbocycles. The SMILES string of the molecule is CS(=O)(=O)N1CCc2c(nc([C@H]3CCCCN3C(=O)Cc3ccccc3)[nH]c2=O)C1. The Bertz CT molecular complexity index is 1100. The highest BCUT2D eigenvalue weighted by Crippen LogP contribution is 2.30. The lowest BCUT2D eigenvalue weighted by molar-refractivity contribution is -0.134. The molecule has 1 atom stereocenters. The number of carbonyl (C=O) groups excluding carboxylic acids is 1. The molecule has 3 heterocycles. The van der Waals surface area contributed by atoms with Crippen molar-refractivity contribution in [1.82, 2.24) is 19.2 Å². The monoisotopic (exact) mass is 430 g/mol. The second-order valence-electron chi connectivity index (χ2n) is 7.98. The van der Waals surface area contributed by atoms with Crippen LogP contribution in [-0.4, -0.2) is 52.8 Å². The highest BCUT2D eigenvalue weighted by molar-refractivity contribution is 7.88. The summed E-state index contributed by atoms with van der Waals surface area (Å²) < 4.78 is 25.2. The molecule has 1 amide bonds. The number of fused-ring (bicyclic) bond motifs is 1. The lowest BCUT2D eigenvalue weighted by Gasteiger charge is -2.36. The molecule has 0 spiro atoms. The number of benzene rings is 1. The van der Waals surface area contributed by atoms with Crippen LogP contribution in [-0.2, 0) is 34.2 Å². The maximum Gasteiger partial charge on any atom is 0.254 e. The predicted octanol–water partition coefficient (Wildman–Crippen LogP) is 1.38. The number of sulfonamides is 1. The van der Waals surface area contributed by atoms with Crippen molar-refractivity contribution < 1.29 is 13.2 Å². The van der Waals surface area contributed by atoms with Gasteiger partial charge in [0.05, 0.1) is 31.0 Å². The van der Waals surface area contributed by atoms with E-state index in [-0.39, 0.29) is 30.6 Å². The van der Waals surface area contributed by atoms with E-state index >= 15 is 0 Å². The molecule has 160 valence electrons. The van der Waals surface area contributed by atoms with Gasteiger partial charge in [0.1, 0.15) is 5.82 Å². The molecular formula is C21H26N4O4S. The molecule has 0 bridgehead atoms. The van der Waals surface area contributed by atoms with E-state index in [4.69, 9.17) is 0 Å². The maximum absolute atomic E-state index is 13.0.